The van der Waals surface area contributed by atoms with Gasteiger partial charge in [-0.25, -0.2) is 4.39 Å². The third-order valence-corrected chi connectivity index (χ3v) is 2.93. The van der Waals surface area contributed by atoms with Crippen molar-refractivity contribution in [2.45, 2.75) is 26.5 Å². The Kier molecular flexibility index (Phi) is 5.06. The summed E-state index contributed by atoms with van der Waals surface area (Å²) in [5, 5.41) is 11.0. The van der Waals surface area contributed by atoms with Crippen LogP contribution in [0.1, 0.15) is 24.7 Å². The molecule has 1 aromatic carbocycles. The molecule has 6 heteroatoms. The van der Waals surface area contributed by atoms with Crippen LogP contribution >= 0.6 is 0 Å². The lowest BCUT2D eigenvalue weighted by Gasteiger charge is -2.12. The fourth-order valence-electron chi connectivity index (χ4n) is 1.81. The second-order valence-electron chi connectivity index (χ2n) is 4.58. The van der Waals surface area contributed by atoms with E-state index in [4.69, 9.17) is 4.74 Å². The van der Waals surface area contributed by atoms with E-state index in [0.29, 0.717) is 18.9 Å². The van der Waals surface area contributed by atoms with Crippen molar-refractivity contribution >= 4 is 0 Å². The molecule has 2 aromatic rings. The highest BCUT2D eigenvalue weighted by atomic mass is 19.1. The van der Waals surface area contributed by atoms with Gasteiger partial charge >= 0.3 is 0 Å². The molecule has 20 heavy (non-hydrogen) atoms. The molecular formula is C14H19FN4O. The van der Waals surface area contributed by atoms with Crippen LogP contribution in [-0.2, 0) is 20.2 Å². The quantitative estimate of drug-likeness (QED) is 0.787. The van der Waals surface area contributed by atoms with Gasteiger partial charge in [-0.05, 0) is 31.2 Å². The van der Waals surface area contributed by atoms with Crippen molar-refractivity contribution in [3.63, 3.8) is 0 Å². The van der Waals surface area contributed by atoms with Crippen molar-refractivity contribution in [1.29, 1.82) is 0 Å². The Balaban J connectivity index is 2.04. The molecule has 0 aliphatic rings. The van der Waals surface area contributed by atoms with Crippen LogP contribution in [0.25, 0.3) is 0 Å². The van der Waals surface area contributed by atoms with Gasteiger partial charge in [0, 0.05) is 19.2 Å². The molecule has 1 heterocycles. The van der Waals surface area contributed by atoms with Crippen LogP contribution in [0.3, 0.4) is 0 Å². The van der Waals surface area contributed by atoms with Gasteiger partial charge in [0.1, 0.15) is 24.5 Å². The van der Waals surface area contributed by atoms with Gasteiger partial charge in [0.15, 0.2) is 5.82 Å². The van der Waals surface area contributed by atoms with Crippen LogP contribution in [0.5, 0.6) is 5.75 Å². The average molecular weight is 278 g/mol. The van der Waals surface area contributed by atoms with E-state index in [9.17, 15) is 4.39 Å². The monoisotopic (exact) mass is 278 g/mol. The van der Waals surface area contributed by atoms with Gasteiger partial charge in [0.2, 0.25) is 0 Å². The maximum absolute atomic E-state index is 13.3. The summed E-state index contributed by atoms with van der Waals surface area (Å²) < 4.78 is 20.8. The molecule has 2 rings (SSSR count). The second-order valence-corrected chi connectivity index (χ2v) is 4.58. The summed E-state index contributed by atoms with van der Waals surface area (Å²) >= 11 is 0. The summed E-state index contributed by atoms with van der Waals surface area (Å²) in [7, 11) is 1.85. The Morgan fingerprint density at radius 1 is 1.40 bits per heavy atom. The molecule has 0 aliphatic carbocycles. The largest absolute Gasteiger partial charge is 0.485 e. The van der Waals surface area contributed by atoms with Crippen LogP contribution in [0.2, 0.25) is 0 Å². The molecule has 0 saturated carbocycles. The first-order chi connectivity index (χ1) is 9.70. The number of hydrogen-bond donors (Lipinski definition) is 1. The molecule has 0 bridgehead atoms. The van der Waals surface area contributed by atoms with Crippen LogP contribution < -0.4 is 10.1 Å². The molecule has 0 unspecified atom stereocenters. The molecule has 0 radical (unpaired) electrons. The molecule has 0 fully saturated rings. The Morgan fingerprint density at radius 2 is 2.25 bits per heavy atom. The summed E-state index contributed by atoms with van der Waals surface area (Å²) in [6.07, 6.45) is 2.65. The number of benzene rings is 1. The Bertz CT molecular complexity index is 556. The summed E-state index contributed by atoms with van der Waals surface area (Å²) in [5.74, 6) is 1.13. The zero-order chi connectivity index (χ0) is 14.4. The zero-order valence-corrected chi connectivity index (χ0v) is 11.8. The molecular weight excluding hydrogens is 259 g/mol. The minimum atomic E-state index is -0.260. The lowest BCUT2D eigenvalue weighted by atomic mass is 10.2. The van der Waals surface area contributed by atoms with Crippen LogP contribution in [0.4, 0.5) is 4.39 Å². The fourth-order valence-corrected chi connectivity index (χ4v) is 1.81. The van der Waals surface area contributed by atoms with E-state index in [1.807, 2.05) is 7.05 Å². The second kappa shape index (κ2) is 7.00. The highest BCUT2D eigenvalue weighted by Gasteiger charge is 2.07. The molecule has 108 valence electrons. The first-order valence-electron chi connectivity index (χ1n) is 6.65. The predicted molar refractivity (Wildman–Crippen MR) is 73.7 cm³/mol. The van der Waals surface area contributed by atoms with Crippen LogP contribution in [0, 0.1) is 5.82 Å². The van der Waals surface area contributed by atoms with E-state index >= 15 is 0 Å². The third-order valence-electron chi connectivity index (χ3n) is 2.93. The smallest absolute Gasteiger partial charge is 0.170 e. The molecule has 0 saturated heterocycles. The summed E-state index contributed by atoms with van der Waals surface area (Å²) in [5.41, 5.74) is 0.806. The Labute approximate surface area is 117 Å². The van der Waals surface area contributed by atoms with Crippen molar-refractivity contribution in [3.05, 3.63) is 41.7 Å². The summed E-state index contributed by atoms with van der Waals surface area (Å²) in [6, 6.07) is 4.54. The normalized spacial score (nSPS) is 10.8. The number of aromatic nitrogens is 3. The molecule has 1 N–H and O–H groups in total. The first kappa shape index (κ1) is 14.5. The lowest BCUT2D eigenvalue weighted by molar-refractivity contribution is 0.287. The minimum absolute atomic E-state index is 0.260. The lowest BCUT2D eigenvalue weighted by Crippen LogP contribution is -2.15. The zero-order valence-electron chi connectivity index (χ0n) is 11.8. The molecule has 0 atom stereocenters. The average Bonchev–Trinajstić information content (AvgIpc) is 2.84. The SMILES string of the molecule is CCCNCc1cc(F)ccc1OCc1nncn1C. The highest BCUT2D eigenvalue weighted by Crippen LogP contribution is 2.20. The Morgan fingerprint density at radius 3 is 2.95 bits per heavy atom. The van der Waals surface area contributed by atoms with Gasteiger partial charge < -0.3 is 14.6 Å². The van der Waals surface area contributed by atoms with E-state index in [-0.39, 0.29) is 5.82 Å². The Hall–Kier alpha value is -1.95. The molecule has 1 aromatic heterocycles. The maximum Gasteiger partial charge on any atom is 0.170 e. The van der Waals surface area contributed by atoms with Gasteiger partial charge in [-0.2, -0.15) is 0 Å². The van der Waals surface area contributed by atoms with Gasteiger partial charge in [0.05, 0.1) is 0 Å². The number of halogens is 1. The van der Waals surface area contributed by atoms with Crippen molar-refractivity contribution in [2.24, 2.45) is 7.05 Å². The number of rotatable bonds is 7. The van der Waals surface area contributed by atoms with Crippen molar-refractivity contribution in [1.82, 2.24) is 20.1 Å². The number of nitrogens with one attached hydrogen (secondary N) is 1. The highest BCUT2D eigenvalue weighted by molar-refractivity contribution is 5.34. The topological polar surface area (TPSA) is 52.0 Å². The summed E-state index contributed by atoms with van der Waals surface area (Å²) in [4.78, 5) is 0. The van der Waals surface area contributed by atoms with E-state index in [2.05, 4.69) is 22.4 Å². The van der Waals surface area contributed by atoms with E-state index in [0.717, 1.165) is 24.4 Å². The van der Waals surface area contributed by atoms with E-state index in [1.54, 1.807) is 17.0 Å². The first-order valence-corrected chi connectivity index (χ1v) is 6.65. The molecule has 0 amide bonds. The van der Waals surface area contributed by atoms with E-state index < -0.39 is 0 Å². The van der Waals surface area contributed by atoms with Crippen molar-refractivity contribution < 1.29 is 9.13 Å². The maximum atomic E-state index is 13.3. The van der Waals surface area contributed by atoms with Crippen LogP contribution in [-0.4, -0.2) is 21.3 Å². The molecule has 5 nitrogen and oxygen atoms in total. The van der Waals surface area contributed by atoms with Crippen LogP contribution in [0.15, 0.2) is 24.5 Å². The number of aryl methyl sites for hydroxylation is 1. The number of ether oxygens (including phenoxy) is 1. The number of nitrogens with zero attached hydrogens (tertiary/aromatic N) is 3. The van der Waals surface area contributed by atoms with Gasteiger partial charge in [-0.3, -0.25) is 0 Å². The standard InChI is InChI=1S/C14H19FN4O/c1-3-6-16-8-11-7-12(15)4-5-13(11)20-9-14-18-17-10-19(14)2/h4-5,7,10,16H,3,6,8-9H2,1-2H3. The van der Waals surface area contributed by atoms with Gasteiger partial charge in [-0.1, -0.05) is 6.92 Å². The third kappa shape index (κ3) is 3.77. The molecule has 0 spiro atoms. The fraction of sp³-hybridized carbons (Fsp3) is 0.429. The van der Waals surface area contributed by atoms with Gasteiger partial charge in [-0.15, -0.1) is 10.2 Å². The summed E-state index contributed by atoms with van der Waals surface area (Å²) in [6.45, 7) is 3.87. The van der Waals surface area contributed by atoms with E-state index in [1.165, 1.54) is 12.1 Å². The molecule has 0 aliphatic heterocycles. The number of hydrogen-bond acceptors (Lipinski definition) is 4. The predicted octanol–water partition coefficient (Wildman–Crippen LogP) is 2.03. The van der Waals surface area contributed by atoms with Gasteiger partial charge in [0.25, 0.3) is 0 Å². The van der Waals surface area contributed by atoms with Crippen molar-refractivity contribution in [3.8, 4) is 5.75 Å². The minimum Gasteiger partial charge on any atom is -0.485 e. The van der Waals surface area contributed by atoms with Crippen molar-refractivity contribution in [2.75, 3.05) is 6.54 Å².